The summed E-state index contributed by atoms with van der Waals surface area (Å²) in [5.74, 6) is -0.848. The standard InChI is InChI=1S/C11H7BrFNO/c12-9-3-1-2-8(10(9)13)11(15)7-4-5-14-6-7/h1-6,14H. The summed E-state index contributed by atoms with van der Waals surface area (Å²) in [6, 6.07) is 6.27. The van der Waals surface area contributed by atoms with Crippen molar-refractivity contribution < 1.29 is 9.18 Å². The van der Waals surface area contributed by atoms with Crippen LogP contribution in [-0.4, -0.2) is 10.8 Å². The van der Waals surface area contributed by atoms with Crippen molar-refractivity contribution in [2.24, 2.45) is 0 Å². The Morgan fingerprint density at radius 3 is 2.80 bits per heavy atom. The maximum Gasteiger partial charge on any atom is 0.197 e. The van der Waals surface area contributed by atoms with Crippen molar-refractivity contribution in [1.29, 1.82) is 0 Å². The molecule has 0 fully saturated rings. The third-order valence-corrected chi connectivity index (χ3v) is 2.67. The zero-order chi connectivity index (χ0) is 10.8. The van der Waals surface area contributed by atoms with E-state index in [2.05, 4.69) is 20.9 Å². The van der Waals surface area contributed by atoms with Gasteiger partial charge in [0, 0.05) is 18.0 Å². The molecule has 1 aromatic heterocycles. The van der Waals surface area contributed by atoms with E-state index in [1.807, 2.05) is 0 Å². The van der Waals surface area contributed by atoms with Crippen LogP contribution in [0.25, 0.3) is 0 Å². The van der Waals surface area contributed by atoms with Gasteiger partial charge in [0.15, 0.2) is 5.78 Å². The monoisotopic (exact) mass is 267 g/mol. The molecule has 76 valence electrons. The largest absolute Gasteiger partial charge is 0.367 e. The van der Waals surface area contributed by atoms with Crippen LogP contribution in [0.15, 0.2) is 41.1 Å². The average Bonchev–Trinajstić information content (AvgIpc) is 2.74. The predicted octanol–water partition coefficient (Wildman–Crippen LogP) is 3.15. The van der Waals surface area contributed by atoms with Gasteiger partial charge in [-0.15, -0.1) is 0 Å². The van der Waals surface area contributed by atoms with E-state index in [4.69, 9.17) is 0 Å². The summed E-state index contributed by atoms with van der Waals surface area (Å²) in [6.07, 6.45) is 3.17. The van der Waals surface area contributed by atoms with Crippen LogP contribution in [0, 0.1) is 5.82 Å². The number of rotatable bonds is 2. The maximum atomic E-state index is 13.6. The summed E-state index contributed by atoms with van der Waals surface area (Å²) in [6.45, 7) is 0. The molecule has 2 rings (SSSR count). The molecule has 0 radical (unpaired) electrons. The summed E-state index contributed by atoms with van der Waals surface area (Å²) in [7, 11) is 0. The van der Waals surface area contributed by atoms with Gasteiger partial charge in [-0.05, 0) is 34.1 Å². The van der Waals surface area contributed by atoms with Gasteiger partial charge in [-0.25, -0.2) is 4.39 Å². The molecule has 0 atom stereocenters. The lowest BCUT2D eigenvalue weighted by Gasteiger charge is -2.01. The highest BCUT2D eigenvalue weighted by Crippen LogP contribution is 2.20. The fourth-order valence-electron chi connectivity index (χ4n) is 1.30. The van der Waals surface area contributed by atoms with Crippen LogP contribution in [0.3, 0.4) is 0 Å². The summed E-state index contributed by atoms with van der Waals surface area (Å²) in [5, 5.41) is 0. The first-order chi connectivity index (χ1) is 7.20. The van der Waals surface area contributed by atoms with Crippen LogP contribution in [0.4, 0.5) is 4.39 Å². The highest BCUT2D eigenvalue weighted by Gasteiger charge is 2.15. The minimum absolute atomic E-state index is 0.0731. The van der Waals surface area contributed by atoms with Crippen molar-refractivity contribution in [3.63, 3.8) is 0 Å². The number of carbonyl (C=O) groups is 1. The smallest absolute Gasteiger partial charge is 0.197 e. The lowest BCUT2D eigenvalue weighted by molar-refractivity contribution is 0.103. The van der Waals surface area contributed by atoms with Gasteiger partial charge >= 0.3 is 0 Å². The molecule has 0 saturated heterocycles. The molecule has 0 aliphatic heterocycles. The molecule has 0 aliphatic rings. The van der Waals surface area contributed by atoms with Crippen molar-refractivity contribution >= 4 is 21.7 Å². The van der Waals surface area contributed by atoms with Crippen molar-refractivity contribution in [2.75, 3.05) is 0 Å². The molecule has 0 saturated carbocycles. The summed E-state index contributed by atoms with van der Waals surface area (Å²) >= 11 is 3.04. The molecular weight excluding hydrogens is 261 g/mol. The van der Waals surface area contributed by atoms with Gasteiger partial charge in [-0.1, -0.05) is 6.07 Å². The molecule has 1 N–H and O–H groups in total. The van der Waals surface area contributed by atoms with E-state index in [9.17, 15) is 9.18 Å². The molecule has 15 heavy (non-hydrogen) atoms. The number of aromatic nitrogens is 1. The van der Waals surface area contributed by atoms with Crippen molar-refractivity contribution in [3.8, 4) is 0 Å². The summed E-state index contributed by atoms with van der Waals surface area (Å²) in [5.41, 5.74) is 0.524. The van der Waals surface area contributed by atoms with Gasteiger partial charge in [0.25, 0.3) is 0 Å². The second-order valence-electron chi connectivity index (χ2n) is 3.03. The Labute approximate surface area is 94.3 Å². The molecule has 0 bridgehead atoms. The number of benzene rings is 1. The molecule has 1 heterocycles. The zero-order valence-corrected chi connectivity index (χ0v) is 9.21. The maximum absolute atomic E-state index is 13.6. The van der Waals surface area contributed by atoms with Crippen LogP contribution >= 0.6 is 15.9 Å². The van der Waals surface area contributed by atoms with Gasteiger partial charge in [0.05, 0.1) is 10.0 Å². The van der Waals surface area contributed by atoms with Crippen LogP contribution < -0.4 is 0 Å². The normalized spacial score (nSPS) is 10.3. The topological polar surface area (TPSA) is 32.9 Å². The Balaban J connectivity index is 2.47. The molecule has 2 nitrogen and oxygen atoms in total. The van der Waals surface area contributed by atoms with Crippen LogP contribution in [0.1, 0.15) is 15.9 Å². The Hall–Kier alpha value is -1.42. The number of nitrogens with one attached hydrogen (secondary N) is 1. The van der Waals surface area contributed by atoms with E-state index in [1.54, 1.807) is 30.6 Å². The molecule has 0 amide bonds. The fraction of sp³-hybridized carbons (Fsp3) is 0. The Bertz CT molecular complexity index is 493. The van der Waals surface area contributed by atoms with E-state index in [1.165, 1.54) is 6.07 Å². The number of hydrogen-bond acceptors (Lipinski definition) is 1. The van der Waals surface area contributed by atoms with E-state index in [0.29, 0.717) is 10.0 Å². The highest BCUT2D eigenvalue weighted by molar-refractivity contribution is 9.10. The molecule has 0 unspecified atom stereocenters. The third kappa shape index (κ3) is 1.85. The van der Waals surface area contributed by atoms with Gasteiger partial charge in [-0.2, -0.15) is 0 Å². The lowest BCUT2D eigenvalue weighted by atomic mass is 10.1. The lowest BCUT2D eigenvalue weighted by Crippen LogP contribution is -2.03. The number of halogens is 2. The fourth-order valence-corrected chi connectivity index (χ4v) is 1.67. The molecule has 1 aromatic carbocycles. The van der Waals surface area contributed by atoms with Crippen LogP contribution in [0.5, 0.6) is 0 Å². The molecule has 4 heteroatoms. The van der Waals surface area contributed by atoms with Crippen LogP contribution in [-0.2, 0) is 0 Å². The number of hydrogen-bond donors (Lipinski definition) is 1. The Kier molecular flexibility index (Phi) is 2.68. The number of aromatic amines is 1. The van der Waals surface area contributed by atoms with Crippen LogP contribution in [0.2, 0.25) is 0 Å². The van der Waals surface area contributed by atoms with Crippen molar-refractivity contribution in [3.05, 3.63) is 58.1 Å². The van der Waals surface area contributed by atoms with E-state index in [0.717, 1.165) is 0 Å². The third-order valence-electron chi connectivity index (χ3n) is 2.06. The van der Waals surface area contributed by atoms with E-state index < -0.39 is 5.82 Å². The number of carbonyl (C=O) groups excluding carboxylic acids is 1. The molecule has 0 aliphatic carbocycles. The van der Waals surface area contributed by atoms with E-state index in [-0.39, 0.29) is 11.3 Å². The first-order valence-electron chi connectivity index (χ1n) is 4.31. The second kappa shape index (κ2) is 3.98. The number of ketones is 1. The quantitative estimate of drug-likeness (QED) is 0.834. The molecule has 0 spiro atoms. The Morgan fingerprint density at radius 1 is 1.33 bits per heavy atom. The minimum atomic E-state index is -0.524. The SMILES string of the molecule is O=C(c1cc[nH]c1)c1cccc(Br)c1F. The van der Waals surface area contributed by atoms with Gasteiger partial charge < -0.3 is 4.98 Å². The van der Waals surface area contributed by atoms with Gasteiger partial charge in [0.2, 0.25) is 0 Å². The number of H-pyrrole nitrogens is 1. The first kappa shape index (κ1) is 10.1. The van der Waals surface area contributed by atoms with Gasteiger partial charge in [0.1, 0.15) is 5.82 Å². The zero-order valence-electron chi connectivity index (χ0n) is 7.63. The Morgan fingerprint density at radius 2 is 2.13 bits per heavy atom. The summed E-state index contributed by atoms with van der Waals surface area (Å²) in [4.78, 5) is 14.6. The first-order valence-corrected chi connectivity index (χ1v) is 5.11. The molecule has 2 aromatic rings. The second-order valence-corrected chi connectivity index (χ2v) is 3.88. The molecular formula is C11H7BrFNO. The average molecular weight is 268 g/mol. The van der Waals surface area contributed by atoms with Crippen molar-refractivity contribution in [2.45, 2.75) is 0 Å². The van der Waals surface area contributed by atoms with E-state index >= 15 is 0 Å². The van der Waals surface area contributed by atoms with Crippen molar-refractivity contribution in [1.82, 2.24) is 4.98 Å². The summed E-state index contributed by atoms with van der Waals surface area (Å²) < 4.78 is 13.9. The predicted molar refractivity (Wildman–Crippen MR) is 58.3 cm³/mol. The van der Waals surface area contributed by atoms with Gasteiger partial charge in [-0.3, -0.25) is 4.79 Å². The highest BCUT2D eigenvalue weighted by atomic mass is 79.9. The minimum Gasteiger partial charge on any atom is -0.367 e.